The van der Waals surface area contributed by atoms with E-state index in [0.29, 0.717) is 16.5 Å². The highest BCUT2D eigenvalue weighted by molar-refractivity contribution is 6.30. The molecule has 0 radical (unpaired) electrons. The Hall–Kier alpha value is -1.65. The predicted octanol–water partition coefficient (Wildman–Crippen LogP) is 2.81. The molecule has 0 fully saturated rings. The third-order valence-corrected chi connectivity index (χ3v) is 2.45. The molecule has 0 spiro atoms. The Morgan fingerprint density at radius 2 is 1.83 bits per heavy atom. The van der Waals surface area contributed by atoms with E-state index in [2.05, 4.69) is 9.97 Å². The summed E-state index contributed by atoms with van der Waals surface area (Å²) in [4.78, 5) is 8.08. The molecule has 1 unspecified atom stereocenters. The van der Waals surface area contributed by atoms with E-state index in [4.69, 9.17) is 22.1 Å². The number of ether oxygens (including phenoxy) is 1. The lowest BCUT2D eigenvalue weighted by atomic mass is 10.1. The van der Waals surface area contributed by atoms with E-state index in [9.17, 15) is 0 Å². The maximum atomic E-state index is 5.84. The van der Waals surface area contributed by atoms with Crippen molar-refractivity contribution in [1.82, 2.24) is 9.97 Å². The molecule has 0 aliphatic rings. The van der Waals surface area contributed by atoms with Crippen molar-refractivity contribution in [2.45, 2.75) is 19.4 Å². The number of aromatic nitrogens is 2. The number of hydrogen-bond donors (Lipinski definition) is 1. The minimum atomic E-state index is 0.0925. The molecule has 2 heterocycles. The van der Waals surface area contributed by atoms with Crippen LogP contribution >= 0.6 is 11.6 Å². The van der Waals surface area contributed by atoms with E-state index >= 15 is 0 Å². The summed E-state index contributed by atoms with van der Waals surface area (Å²) < 4.78 is 5.63. The summed E-state index contributed by atoms with van der Waals surface area (Å²) in [5, 5.41) is 0.534. The minimum absolute atomic E-state index is 0.0925. The van der Waals surface area contributed by atoms with Crippen molar-refractivity contribution in [3.05, 3.63) is 47.5 Å². The van der Waals surface area contributed by atoms with Gasteiger partial charge in [-0.2, -0.15) is 0 Å². The number of pyridine rings is 2. The van der Waals surface area contributed by atoms with Gasteiger partial charge in [0, 0.05) is 24.5 Å². The first-order valence-electron chi connectivity index (χ1n) is 5.61. The number of hydrogen-bond acceptors (Lipinski definition) is 4. The fourth-order valence-electron chi connectivity index (χ4n) is 1.59. The lowest BCUT2D eigenvalue weighted by molar-refractivity contribution is 0.477. The molecule has 0 aliphatic carbocycles. The lowest BCUT2D eigenvalue weighted by Gasteiger charge is -2.08. The molecule has 1 atom stereocenters. The molecule has 94 valence electrons. The zero-order valence-corrected chi connectivity index (χ0v) is 10.8. The first kappa shape index (κ1) is 12.8. The van der Waals surface area contributed by atoms with Gasteiger partial charge in [0.05, 0.1) is 17.4 Å². The largest absolute Gasteiger partial charge is 0.454 e. The molecule has 0 saturated carbocycles. The van der Waals surface area contributed by atoms with Crippen LogP contribution < -0.4 is 10.5 Å². The van der Waals surface area contributed by atoms with Gasteiger partial charge in [-0.25, -0.2) is 0 Å². The van der Waals surface area contributed by atoms with Crippen LogP contribution in [0, 0.1) is 0 Å². The van der Waals surface area contributed by atoms with Crippen LogP contribution in [-0.2, 0) is 6.42 Å². The second kappa shape index (κ2) is 5.80. The average Bonchev–Trinajstić information content (AvgIpc) is 2.28. The Balaban J connectivity index is 2.14. The van der Waals surface area contributed by atoms with Crippen LogP contribution in [0.4, 0.5) is 0 Å². The van der Waals surface area contributed by atoms with E-state index in [1.807, 2.05) is 13.0 Å². The number of nitrogens with zero attached hydrogens (tertiary/aromatic N) is 2. The standard InChI is InChI=1S/C13H14ClN3O/c1-9(15)2-10-3-12(7-16-5-10)18-13-4-11(14)6-17-8-13/h3-9H,2,15H2,1H3. The first-order chi connectivity index (χ1) is 8.63. The molecular weight excluding hydrogens is 250 g/mol. The maximum absolute atomic E-state index is 5.84. The molecule has 2 aromatic heterocycles. The molecule has 5 heteroatoms. The lowest BCUT2D eigenvalue weighted by Crippen LogP contribution is -2.17. The van der Waals surface area contributed by atoms with Gasteiger partial charge in [0.2, 0.25) is 0 Å². The summed E-state index contributed by atoms with van der Waals surface area (Å²) in [7, 11) is 0. The average molecular weight is 264 g/mol. The highest BCUT2D eigenvalue weighted by Gasteiger charge is 2.03. The van der Waals surface area contributed by atoms with Gasteiger partial charge in [-0.3, -0.25) is 9.97 Å². The molecule has 0 saturated heterocycles. The van der Waals surface area contributed by atoms with Crippen molar-refractivity contribution < 1.29 is 4.74 Å². The van der Waals surface area contributed by atoms with Crippen molar-refractivity contribution in [2.24, 2.45) is 5.73 Å². The summed E-state index contributed by atoms with van der Waals surface area (Å²) in [6.07, 6.45) is 7.35. The molecule has 2 aromatic rings. The highest BCUT2D eigenvalue weighted by atomic mass is 35.5. The zero-order chi connectivity index (χ0) is 13.0. The molecular formula is C13H14ClN3O. The first-order valence-corrected chi connectivity index (χ1v) is 5.99. The van der Waals surface area contributed by atoms with Crippen molar-refractivity contribution in [2.75, 3.05) is 0 Å². The van der Waals surface area contributed by atoms with Gasteiger partial charge in [-0.15, -0.1) is 0 Å². The SMILES string of the molecule is CC(N)Cc1cncc(Oc2cncc(Cl)c2)c1. The molecule has 0 amide bonds. The smallest absolute Gasteiger partial charge is 0.147 e. The zero-order valence-electron chi connectivity index (χ0n) is 10.0. The van der Waals surface area contributed by atoms with E-state index in [1.165, 1.54) is 0 Å². The maximum Gasteiger partial charge on any atom is 0.147 e. The summed E-state index contributed by atoms with van der Waals surface area (Å²) >= 11 is 5.84. The molecule has 2 rings (SSSR count). The van der Waals surface area contributed by atoms with Gasteiger partial charge < -0.3 is 10.5 Å². The van der Waals surface area contributed by atoms with Crippen molar-refractivity contribution in [3.63, 3.8) is 0 Å². The van der Waals surface area contributed by atoms with Crippen molar-refractivity contribution in [3.8, 4) is 11.5 Å². The van der Waals surface area contributed by atoms with Gasteiger partial charge in [-0.1, -0.05) is 11.6 Å². The third-order valence-electron chi connectivity index (χ3n) is 2.24. The fourth-order valence-corrected chi connectivity index (χ4v) is 1.75. The van der Waals surface area contributed by atoms with Gasteiger partial charge >= 0.3 is 0 Å². The Morgan fingerprint density at radius 3 is 2.50 bits per heavy atom. The Kier molecular flexibility index (Phi) is 4.12. The van der Waals surface area contributed by atoms with Crippen LogP contribution in [0.3, 0.4) is 0 Å². The summed E-state index contributed by atoms with van der Waals surface area (Å²) in [5.41, 5.74) is 6.79. The van der Waals surface area contributed by atoms with E-state index in [0.717, 1.165) is 12.0 Å². The van der Waals surface area contributed by atoms with Crippen LogP contribution in [0.5, 0.6) is 11.5 Å². The molecule has 2 N–H and O–H groups in total. The Bertz CT molecular complexity index is 531. The molecule has 4 nitrogen and oxygen atoms in total. The normalized spacial score (nSPS) is 12.2. The van der Waals surface area contributed by atoms with Crippen LogP contribution in [0.2, 0.25) is 5.02 Å². The summed E-state index contributed by atoms with van der Waals surface area (Å²) in [6.45, 7) is 1.95. The summed E-state index contributed by atoms with van der Waals surface area (Å²) in [5.74, 6) is 1.24. The van der Waals surface area contributed by atoms with Gasteiger partial charge in [0.1, 0.15) is 11.5 Å². The van der Waals surface area contributed by atoms with E-state index in [-0.39, 0.29) is 6.04 Å². The molecule has 0 aromatic carbocycles. The predicted molar refractivity (Wildman–Crippen MR) is 70.9 cm³/mol. The van der Waals surface area contributed by atoms with Crippen LogP contribution in [0.25, 0.3) is 0 Å². The monoisotopic (exact) mass is 263 g/mol. The number of nitrogens with two attached hydrogens (primary N) is 1. The Labute approximate surface area is 111 Å². The van der Waals surface area contributed by atoms with E-state index < -0.39 is 0 Å². The van der Waals surface area contributed by atoms with Crippen LogP contribution in [-0.4, -0.2) is 16.0 Å². The minimum Gasteiger partial charge on any atom is -0.454 e. The fraction of sp³-hybridized carbons (Fsp3) is 0.231. The van der Waals surface area contributed by atoms with E-state index in [1.54, 1.807) is 30.9 Å². The van der Waals surface area contributed by atoms with Crippen LogP contribution in [0.1, 0.15) is 12.5 Å². The topological polar surface area (TPSA) is 61.0 Å². The molecule has 0 bridgehead atoms. The van der Waals surface area contributed by atoms with Gasteiger partial charge in [-0.05, 0) is 25.0 Å². The second-order valence-electron chi connectivity index (χ2n) is 4.15. The number of rotatable bonds is 4. The van der Waals surface area contributed by atoms with Gasteiger partial charge in [0.15, 0.2) is 0 Å². The molecule has 0 aliphatic heterocycles. The third kappa shape index (κ3) is 3.68. The quantitative estimate of drug-likeness (QED) is 0.921. The van der Waals surface area contributed by atoms with Crippen molar-refractivity contribution in [1.29, 1.82) is 0 Å². The second-order valence-corrected chi connectivity index (χ2v) is 4.59. The number of halogens is 1. The van der Waals surface area contributed by atoms with Gasteiger partial charge in [0.25, 0.3) is 0 Å². The highest BCUT2D eigenvalue weighted by Crippen LogP contribution is 2.23. The Morgan fingerprint density at radius 1 is 1.17 bits per heavy atom. The molecule has 18 heavy (non-hydrogen) atoms. The summed E-state index contributed by atoms with van der Waals surface area (Å²) in [6, 6.07) is 3.71. The van der Waals surface area contributed by atoms with Crippen LogP contribution in [0.15, 0.2) is 36.9 Å². The van der Waals surface area contributed by atoms with Crippen molar-refractivity contribution >= 4 is 11.6 Å².